The van der Waals surface area contributed by atoms with Crippen molar-refractivity contribution < 1.29 is 14.4 Å². The molecule has 0 amide bonds. The molecule has 0 radical (unpaired) electrons. The lowest BCUT2D eigenvalue weighted by Gasteiger charge is -2.23. The number of para-hydroxylation sites is 1. The zero-order chi connectivity index (χ0) is 26.4. The van der Waals surface area contributed by atoms with Crippen molar-refractivity contribution in [2.75, 3.05) is 13.2 Å². The largest absolute Gasteiger partial charge is 0.457 e. The summed E-state index contributed by atoms with van der Waals surface area (Å²) in [7, 11) is 0. The van der Waals surface area contributed by atoms with Gasteiger partial charge in [-0.25, -0.2) is 0 Å². The van der Waals surface area contributed by atoms with E-state index in [-0.39, 0.29) is 5.41 Å². The third-order valence-electron chi connectivity index (χ3n) is 6.05. The van der Waals surface area contributed by atoms with Crippen molar-refractivity contribution in [1.29, 1.82) is 0 Å². The summed E-state index contributed by atoms with van der Waals surface area (Å²) in [4.78, 5) is 20.8. The average molecular weight is 501 g/mol. The Morgan fingerprint density at radius 3 is 2.41 bits per heavy atom. The molecule has 0 fully saturated rings. The third-order valence-corrected chi connectivity index (χ3v) is 6.05. The van der Waals surface area contributed by atoms with Crippen LogP contribution in [0.5, 0.6) is 11.5 Å². The number of rotatable bonds is 9. The van der Waals surface area contributed by atoms with E-state index in [1.165, 1.54) is 0 Å². The fourth-order valence-electron chi connectivity index (χ4n) is 4.20. The molecule has 3 aromatic rings. The number of aryl methyl sites for hydroxylation is 3. The predicted molar refractivity (Wildman–Crippen MR) is 147 cm³/mol. The fraction of sp³-hybridized carbons (Fsp3) is 0.400. The number of oxime groups is 2. The molecule has 0 N–H and O–H groups in total. The Balaban J connectivity index is 1.40. The zero-order valence-electron chi connectivity index (χ0n) is 22.7. The van der Waals surface area contributed by atoms with Crippen LogP contribution in [-0.2, 0) is 16.1 Å². The number of hydrogen-bond donors (Lipinski definition) is 0. The minimum absolute atomic E-state index is 0.289. The molecule has 194 valence electrons. The van der Waals surface area contributed by atoms with Crippen LogP contribution >= 0.6 is 0 Å². The lowest BCUT2D eigenvalue weighted by atomic mass is 9.93. The first-order chi connectivity index (χ1) is 17.7. The first-order valence-corrected chi connectivity index (χ1v) is 12.7. The lowest BCUT2D eigenvalue weighted by molar-refractivity contribution is -0.000160. The molecule has 1 aromatic carbocycles. The number of benzene rings is 1. The second-order valence-electron chi connectivity index (χ2n) is 10.5. The molecule has 0 spiro atoms. The Morgan fingerprint density at radius 1 is 0.919 bits per heavy atom. The Morgan fingerprint density at radius 2 is 1.65 bits per heavy atom. The lowest BCUT2D eigenvalue weighted by Crippen LogP contribution is -2.25. The molecule has 1 aliphatic carbocycles. The van der Waals surface area contributed by atoms with E-state index in [4.69, 9.17) is 19.4 Å². The number of fused-ring (bicyclic) bond motifs is 1. The highest BCUT2D eigenvalue weighted by Crippen LogP contribution is 2.33. The first kappa shape index (κ1) is 26.3. The predicted octanol–water partition coefficient (Wildman–Crippen LogP) is 6.72. The Hall–Kier alpha value is -3.74. The van der Waals surface area contributed by atoms with Gasteiger partial charge in [0, 0.05) is 28.4 Å². The highest BCUT2D eigenvalue weighted by Gasteiger charge is 2.24. The normalized spacial score (nSPS) is 14.9. The molecule has 0 unspecified atom stereocenters. The van der Waals surface area contributed by atoms with E-state index in [1.54, 1.807) is 0 Å². The van der Waals surface area contributed by atoms with Gasteiger partial charge in [-0.3, -0.25) is 9.97 Å². The number of ether oxygens (including phenoxy) is 1. The maximum Gasteiger partial charge on any atom is 0.134 e. The van der Waals surface area contributed by atoms with E-state index in [1.807, 2.05) is 76.2 Å². The van der Waals surface area contributed by atoms with Crippen LogP contribution in [0.2, 0.25) is 0 Å². The summed E-state index contributed by atoms with van der Waals surface area (Å²) in [6.45, 7) is 12.8. The number of hydrogen-bond acceptors (Lipinski definition) is 7. The summed E-state index contributed by atoms with van der Waals surface area (Å²) >= 11 is 0. The highest BCUT2D eigenvalue weighted by molar-refractivity contribution is 6.01. The van der Waals surface area contributed by atoms with Crippen molar-refractivity contribution in [3.05, 3.63) is 82.4 Å². The number of aromatic nitrogens is 2. The summed E-state index contributed by atoms with van der Waals surface area (Å²) in [5, 5.41) is 8.79. The third kappa shape index (κ3) is 7.15. The van der Waals surface area contributed by atoms with Gasteiger partial charge in [0.15, 0.2) is 0 Å². The van der Waals surface area contributed by atoms with Crippen molar-refractivity contribution >= 4 is 11.4 Å². The standard InChI is InChI=1S/C30H36N4O3/c1-20-15-21(2)31-27(16-20)23(4)33-35-18-30(5,6)19-36-34-26-14-10-13-25-28(17-22(3)32-29(25)26)37-24-11-8-7-9-12-24/h7-9,11-12,15-17H,10,13-14,18-19H2,1-6H3/b33-23+,34-26+. The van der Waals surface area contributed by atoms with Gasteiger partial charge in [-0.15, -0.1) is 0 Å². The molecular formula is C30H36N4O3. The van der Waals surface area contributed by atoms with E-state index in [2.05, 4.69) is 29.1 Å². The van der Waals surface area contributed by atoms with Crippen LogP contribution < -0.4 is 4.74 Å². The molecule has 0 bridgehead atoms. The fourth-order valence-corrected chi connectivity index (χ4v) is 4.20. The van der Waals surface area contributed by atoms with Gasteiger partial charge in [0.25, 0.3) is 0 Å². The smallest absolute Gasteiger partial charge is 0.134 e. The van der Waals surface area contributed by atoms with E-state index in [0.29, 0.717) is 13.2 Å². The topological polar surface area (TPSA) is 78.2 Å². The zero-order valence-corrected chi connectivity index (χ0v) is 22.7. The molecule has 2 aromatic heterocycles. The van der Waals surface area contributed by atoms with Crippen molar-refractivity contribution in [3.8, 4) is 11.5 Å². The van der Waals surface area contributed by atoms with E-state index < -0.39 is 0 Å². The molecule has 7 heteroatoms. The van der Waals surface area contributed by atoms with Crippen LogP contribution in [0.3, 0.4) is 0 Å². The average Bonchev–Trinajstić information content (AvgIpc) is 2.84. The molecule has 0 saturated carbocycles. The van der Waals surface area contributed by atoms with Crippen LogP contribution in [0.25, 0.3) is 0 Å². The van der Waals surface area contributed by atoms with E-state index in [0.717, 1.165) is 76.1 Å². The molecule has 4 rings (SSSR count). The van der Waals surface area contributed by atoms with Crippen LogP contribution in [-0.4, -0.2) is 34.6 Å². The highest BCUT2D eigenvalue weighted by atomic mass is 16.6. The molecule has 1 aliphatic rings. The molecule has 2 heterocycles. The first-order valence-electron chi connectivity index (χ1n) is 12.7. The van der Waals surface area contributed by atoms with Gasteiger partial charge in [0.1, 0.15) is 36.1 Å². The van der Waals surface area contributed by atoms with Crippen molar-refractivity contribution in [2.45, 2.75) is 60.8 Å². The van der Waals surface area contributed by atoms with Gasteiger partial charge in [-0.05, 0) is 76.8 Å². The monoisotopic (exact) mass is 500 g/mol. The minimum atomic E-state index is -0.289. The molecule has 37 heavy (non-hydrogen) atoms. The SMILES string of the molecule is C/C(=N\OCC(C)(C)CO/N=C1\CCCc2c(Oc3ccccc3)cc(C)nc21)c1cc(C)cc(C)n1. The molecule has 0 aliphatic heterocycles. The summed E-state index contributed by atoms with van der Waals surface area (Å²) in [6, 6.07) is 15.9. The summed E-state index contributed by atoms with van der Waals surface area (Å²) in [5.74, 6) is 1.64. The van der Waals surface area contributed by atoms with Gasteiger partial charge < -0.3 is 14.4 Å². The summed E-state index contributed by atoms with van der Waals surface area (Å²) in [6.07, 6.45) is 2.69. The van der Waals surface area contributed by atoms with Crippen molar-refractivity contribution in [1.82, 2.24) is 9.97 Å². The molecular weight excluding hydrogens is 464 g/mol. The van der Waals surface area contributed by atoms with Crippen LogP contribution in [0.1, 0.15) is 67.5 Å². The molecule has 0 saturated heterocycles. The van der Waals surface area contributed by atoms with E-state index in [9.17, 15) is 0 Å². The van der Waals surface area contributed by atoms with Gasteiger partial charge in [-0.1, -0.05) is 42.4 Å². The van der Waals surface area contributed by atoms with Crippen molar-refractivity contribution in [3.63, 3.8) is 0 Å². The van der Waals surface area contributed by atoms with E-state index >= 15 is 0 Å². The van der Waals surface area contributed by atoms with Gasteiger partial charge >= 0.3 is 0 Å². The Kier molecular flexibility index (Phi) is 8.21. The molecule has 0 atom stereocenters. The quantitative estimate of drug-likeness (QED) is 0.241. The summed E-state index contributed by atoms with van der Waals surface area (Å²) in [5.41, 5.74) is 7.09. The van der Waals surface area contributed by atoms with Crippen LogP contribution in [0.4, 0.5) is 0 Å². The van der Waals surface area contributed by atoms with Crippen LogP contribution in [0.15, 0.2) is 58.8 Å². The second kappa shape index (κ2) is 11.5. The second-order valence-corrected chi connectivity index (χ2v) is 10.5. The Bertz CT molecular complexity index is 1280. The van der Waals surface area contributed by atoms with Gasteiger partial charge in [0.05, 0.1) is 11.4 Å². The van der Waals surface area contributed by atoms with Gasteiger partial charge in [-0.2, -0.15) is 0 Å². The van der Waals surface area contributed by atoms with Crippen LogP contribution in [0, 0.1) is 26.2 Å². The minimum Gasteiger partial charge on any atom is -0.457 e. The maximum absolute atomic E-state index is 6.20. The molecule has 7 nitrogen and oxygen atoms in total. The Labute approximate surface area is 219 Å². The van der Waals surface area contributed by atoms with Crippen molar-refractivity contribution in [2.24, 2.45) is 15.7 Å². The van der Waals surface area contributed by atoms with Gasteiger partial charge in [0.2, 0.25) is 0 Å². The maximum atomic E-state index is 6.20. The number of pyridine rings is 2. The number of nitrogens with zero attached hydrogens (tertiary/aromatic N) is 4. The summed E-state index contributed by atoms with van der Waals surface area (Å²) < 4.78 is 6.20.